The first-order valence-electron chi connectivity index (χ1n) is 16.6. The molecule has 46 heavy (non-hydrogen) atoms. The number of carbonyl (C=O) groups excluding carboxylic acids is 4. The standard InChI is InChI=1S/C34H51N5O6S/c1-25(2)12-11-18-30(39(44)24-40)28(22-26-13-5-3-6-14-26)31(41)37-29(32(42)38-33-35-20-21-46-33)17-9-10-19-36-34(43)45-23-27-15-7-4-8-16-27/h4,7-8,15-16,20-21,24-26,28-30,44H,3,5-6,9-14,17-19,22-23H2,1-2H3,(H,36,43)(H,37,41)(H,35,38,42)/t28-,29+,30+/m1/s1. The Bertz CT molecular complexity index is 1180. The molecule has 254 valence electrons. The number of hydrogen-bond acceptors (Lipinski definition) is 8. The predicted octanol–water partition coefficient (Wildman–Crippen LogP) is 6.29. The van der Waals surface area contributed by atoms with Crippen LogP contribution < -0.4 is 16.0 Å². The van der Waals surface area contributed by atoms with Crippen LogP contribution in [0.15, 0.2) is 41.9 Å². The number of hydroxylamine groups is 2. The van der Waals surface area contributed by atoms with E-state index >= 15 is 0 Å². The molecule has 1 saturated carbocycles. The lowest BCUT2D eigenvalue weighted by atomic mass is 9.78. The second kappa shape index (κ2) is 20.6. The van der Waals surface area contributed by atoms with Crippen molar-refractivity contribution >= 4 is 40.8 Å². The molecule has 1 aliphatic rings. The topological polar surface area (TPSA) is 150 Å². The summed E-state index contributed by atoms with van der Waals surface area (Å²) in [7, 11) is 0. The number of anilines is 1. The van der Waals surface area contributed by atoms with Crippen LogP contribution in [-0.2, 0) is 25.7 Å². The highest BCUT2D eigenvalue weighted by Crippen LogP contribution is 2.33. The summed E-state index contributed by atoms with van der Waals surface area (Å²) in [4.78, 5) is 55.5. The number of benzene rings is 1. The lowest BCUT2D eigenvalue weighted by Gasteiger charge is -2.34. The molecule has 0 aliphatic heterocycles. The van der Waals surface area contributed by atoms with Crippen LogP contribution in [0.2, 0.25) is 0 Å². The van der Waals surface area contributed by atoms with Crippen molar-refractivity contribution in [2.75, 3.05) is 11.9 Å². The molecule has 2 aromatic rings. The number of hydrogen-bond donors (Lipinski definition) is 4. The van der Waals surface area contributed by atoms with Crippen LogP contribution in [0, 0.1) is 17.8 Å². The van der Waals surface area contributed by atoms with Crippen LogP contribution in [0.4, 0.5) is 9.93 Å². The Morgan fingerprint density at radius 1 is 1.04 bits per heavy atom. The summed E-state index contributed by atoms with van der Waals surface area (Å²) < 4.78 is 5.26. The van der Waals surface area contributed by atoms with Crippen molar-refractivity contribution in [3.8, 4) is 0 Å². The van der Waals surface area contributed by atoms with Crippen molar-refractivity contribution in [3.63, 3.8) is 0 Å². The van der Waals surface area contributed by atoms with E-state index < -0.39 is 24.1 Å². The van der Waals surface area contributed by atoms with Gasteiger partial charge in [0.25, 0.3) is 0 Å². The van der Waals surface area contributed by atoms with E-state index in [0.717, 1.165) is 44.1 Å². The summed E-state index contributed by atoms with van der Waals surface area (Å²) in [5, 5.41) is 22.0. The van der Waals surface area contributed by atoms with E-state index in [9.17, 15) is 24.4 Å². The first kappa shape index (κ1) is 37.0. The highest BCUT2D eigenvalue weighted by atomic mass is 32.1. The molecule has 1 aromatic carbocycles. The molecule has 4 N–H and O–H groups in total. The summed E-state index contributed by atoms with van der Waals surface area (Å²) in [6.07, 6.45) is 11.0. The minimum atomic E-state index is -0.866. The molecule has 0 spiro atoms. The number of thiazole rings is 1. The molecule has 1 heterocycles. The number of alkyl carbamates (subject to hydrolysis) is 1. The molecule has 12 heteroatoms. The van der Waals surface area contributed by atoms with E-state index in [-0.39, 0.29) is 18.4 Å². The van der Waals surface area contributed by atoms with Gasteiger partial charge >= 0.3 is 6.09 Å². The first-order valence-corrected chi connectivity index (χ1v) is 17.5. The van der Waals surface area contributed by atoms with Crippen molar-refractivity contribution in [3.05, 3.63) is 47.5 Å². The maximum absolute atomic E-state index is 14.0. The Kier molecular flexibility index (Phi) is 16.5. The van der Waals surface area contributed by atoms with Gasteiger partial charge in [-0.25, -0.2) is 14.8 Å². The van der Waals surface area contributed by atoms with Crippen LogP contribution >= 0.6 is 11.3 Å². The van der Waals surface area contributed by atoms with Crippen molar-refractivity contribution in [1.29, 1.82) is 0 Å². The molecule has 3 rings (SSSR count). The van der Waals surface area contributed by atoms with Crippen LogP contribution in [-0.4, -0.2) is 58.2 Å². The third-order valence-corrected chi connectivity index (χ3v) is 9.23. The number of nitrogens with zero attached hydrogens (tertiary/aromatic N) is 2. The molecule has 3 atom stereocenters. The number of aromatic nitrogens is 1. The van der Waals surface area contributed by atoms with Crippen LogP contribution in [0.3, 0.4) is 0 Å². The molecular weight excluding hydrogens is 606 g/mol. The van der Waals surface area contributed by atoms with Gasteiger partial charge in [0.05, 0.1) is 12.0 Å². The Labute approximate surface area is 276 Å². The zero-order chi connectivity index (χ0) is 33.1. The molecule has 0 saturated heterocycles. The fourth-order valence-electron chi connectivity index (χ4n) is 6.02. The maximum Gasteiger partial charge on any atom is 0.407 e. The number of ether oxygens (including phenoxy) is 1. The smallest absolute Gasteiger partial charge is 0.407 e. The van der Waals surface area contributed by atoms with Crippen molar-refractivity contribution in [2.45, 2.75) is 110 Å². The average molecular weight is 658 g/mol. The second-order valence-electron chi connectivity index (χ2n) is 12.6. The van der Waals surface area contributed by atoms with Crippen LogP contribution in [0.5, 0.6) is 0 Å². The van der Waals surface area contributed by atoms with Gasteiger partial charge in [-0.1, -0.05) is 89.1 Å². The maximum atomic E-state index is 14.0. The molecule has 0 bridgehead atoms. The Morgan fingerprint density at radius 3 is 2.48 bits per heavy atom. The number of amides is 4. The van der Waals surface area contributed by atoms with Crippen LogP contribution in [0.1, 0.15) is 96.5 Å². The summed E-state index contributed by atoms with van der Waals surface area (Å²) in [6.45, 7) is 4.76. The fourth-order valence-corrected chi connectivity index (χ4v) is 6.55. The number of carbonyl (C=O) groups is 4. The molecule has 1 fully saturated rings. The number of nitrogens with one attached hydrogen (secondary N) is 3. The minimum absolute atomic E-state index is 0.174. The predicted molar refractivity (Wildman–Crippen MR) is 178 cm³/mol. The van der Waals surface area contributed by atoms with Crippen LogP contribution in [0.25, 0.3) is 0 Å². The van der Waals surface area contributed by atoms with E-state index in [1.807, 2.05) is 30.3 Å². The molecule has 1 aromatic heterocycles. The molecule has 11 nitrogen and oxygen atoms in total. The van der Waals surface area contributed by atoms with Gasteiger partial charge in [-0.2, -0.15) is 0 Å². The number of unbranched alkanes of at least 4 members (excludes halogenated alkanes) is 1. The van der Waals surface area contributed by atoms with E-state index in [2.05, 4.69) is 34.8 Å². The van der Waals surface area contributed by atoms with Gasteiger partial charge in [0.15, 0.2) is 5.13 Å². The highest BCUT2D eigenvalue weighted by Gasteiger charge is 2.36. The lowest BCUT2D eigenvalue weighted by Crippen LogP contribution is -2.51. The van der Waals surface area contributed by atoms with Gasteiger partial charge in [0, 0.05) is 18.1 Å². The van der Waals surface area contributed by atoms with E-state index in [1.165, 1.54) is 17.8 Å². The summed E-state index contributed by atoms with van der Waals surface area (Å²) in [5.74, 6) is -0.631. The van der Waals surface area contributed by atoms with Gasteiger partial charge in [-0.15, -0.1) is 11.3 Å². The SMILES string of the molecule is CC(C)CCC[C@@H]([C@@H](CC1CCCCC1)C(=O)N[C@@H](CCCCNC(=O)OCc1ccccc1)C(=O)Nc1nccs1)N(O)C=O. The van der Waals surface area contributed by atoms with E-state index in [0.29, 0.717) is 67.1 Å². The Balaban J connectivity index is 1.65. The monoisotopic (exact) mass is 657 g/mol. The quantitative estimate of drug-likeness (QED) is 0.0566. The van der Waals surface area contributed by atoms with E-state index in [4.69, 9.17) is 4.74 Å². The van der Waals surface area contributed by atoms with Crippen molar-refractivity contribution < 1.29 is 29.1 Å². The molecule has 0 unspecified atom stereocenters. The zero-order valence-electron chi connectivity index (χ0n) is 27.2. The Morgan fingerprint density at radius 2 is 1.80 bits per heavy atom. The largest absolute Gasteiger partial charge is 0.445 e. The fraction of sp³-hybridized carbons (Fsp3) is 0.618. The average Bonchev–Trinajstić information content (AvgIpc) is 3.57. The normalized spacial score (nSPS) is 15.4. The molecule has 4 amide bonds. The van der Waals surface area contributed by atoms with Crippen molar-refractivity contribution in [1.82, 2.24) is 20.7 Å². The molecule has 0 radical (unpaired) electrons. The zero-order valence-corrected chi connectivity index (χ0v) is 28.0. The first-order chi connectivity index (χ1) is 22.3. The molecule has 1 aliphatic carbocycles. The van der Waals surface area contributed by atoms with Crippen molar-refractivity contribution in [2.24, 2.45) is 17.8 Å². The van der Waals surface area contributed by atoms with Gasteiger partial charge in [0.1, 0.15) is 12.6 Å². The molecular formula is C34H51N5O6S. The van der Waals surface area contributed by atoms with Gasteiger partial charge in [-0.3, -0.25) is 19.6 Å². The minimum Gasteiger partial charge on any atom is -0.445 e. The van der Waals surface area contributed by atoms with Gasteiger partial charge in [0.2, 0.25) is 18.2 Å². The third kappa shape index (κ3) is 13.5. The Hall–Kier alpha value is -3.51. The van der Waals surface area contributed by atoms with Gasteiger partial charge < -0.3 is 20.7 Å². The second-order valence-corrected chi connectivity index (χ2v) is 13.5. The summed E-state index contributed by atoms with van der Waals surface area (Å²) in [6, 6.07) is 7.85. The third-order valence-electron chi connectivity index (χ3n) is 8.54. The summed E-state index contributed by atoms with van der Waals surface area (Å²) >= 11 is 1.28. The number of rotatable bonds is 20. The highest BCUT2D eigenvalue weighted by molar-refractivity contribution is 7.13. The van der Waals surface area contributed by atoms with Gasteiger partial charge in [-0.05, 0) is 49.5 Å². The van der Waals surface area contributed by atoms with E-state index in [1.54, 1.807) is 11.6 Å². The lowest BCUT2D eigenvalue weighted by molar-refractivity contribution is -0.170. The summed E-state index contributed by atoms with van der Waals surface area (Å²) in [5.41, 5.74) is 0.892.